The maximum absolute atomic E-state index is 11.3. The lowest BCUT2D eigenvalue weighted by molar-refractivity contribution is 0.282. The number of aryl methyl sites for hydroxylation is 2. The van der Waals surface area contributed by atoms with E-state index in [4.69, 9.17) is 5.11 Å². The second-order valence-corrected chi connectivity index (χ2v) is 3.39. The predicted molar refractivity (Wildman–Crippen MR) is 53.0 cm³/mol. The fraction of sp³-hybridized carbons (Fsp3) is 0.778. The first kappa shape index (κ1) is 11.0. The van der Waals surface area contributed by atoms with E-state index in [0.29, 0.717) is 6.54 Å². The van der Waals surface area contributed by atoms with E-state index in [0.717, 1.165) is 25.7 Å². The first-order valence-corrected chi connectivity index (χ1v) is 4.95. The van der Waals surface area contributed by atoms with E-state index < -0.39 is 0 Å². The standard InChI is InChI=1S/C9H17N3O2/c1-11-8-10-12(9(11)14)6-4-2-3-5-7-13/h8,13H,2-7H2,1H3. The normalized spacial score (nSPS) is 10.7. The number of hydrogen-bond donors (Lipinski definition) is 1. The van der Waals surface area contributed by atoms with E-state index in [-0.39, 0.29) is 12.3 Å². The largest absolute Gasteiger partial charge is 0.396 e. The van der Waals surface area contributed by atoms with Crippen LogP contribution in [0.5, 0.6) is 0 Å². The molecule has 1 heterocycles. The third-order valence-electron chi connectivity index (χ3n) is 2.16. The highest BCUT2D eigenvalue weighted by Crippen LogP contribution is 1.99. The monoisotopic (exact) mass is 199 g/mol. The number of aliphatic hydroxyl groups excluding tert-OH is 1. The van der Waals surface area contributed by atoms with Gasteiger partial charge in [-0.1, -0.05) is 12.8 Å². The SMILES string of the molecule is Cn1cnn(CCCCCCO)c1=O. The van der Waals surface area contributed by atoms with Crippen LogP contribution in [0.25, 0.3) is 0 Å². The summed E-state index contributed by atoms with van der Waals surface area (Å²) in [5, 5.41) is 12.5. The zero-order valence-electron chi connectivity index (χ0n) is 8.52. The molecule has 80 valence electrons. The van der Waals surface area contributed by atoms with Gasteiger partial charge in [0.1, 0.15) is 6.33 Å². The second kappa shape index (κ2) is 5.59. The van der Waals surface area contributed by atoms with Gasteiger partial charge in [-0.25, -0.2) is 9.48 Å². The van der Waals surface area contributed by atoms with E-state index >= 15 is 0 Å². The predicted octanol–water partition coefficient (Wildman–Crippen LogP) is 0.134. The zero-order valence-corrected chi connectivity index (χ0v) is 8.52. The van der Waals surface area contributed by atoms with Crippen LogP contribution in [-0.4, -0.2) is 26.1 Å². The van der Waals surface area contributed by atoms with Gasteiger partial charge in [0, 0.05) is 20.2 Å². The second-order valence-electron chi connectivity index (χ2n) is 3.39. The molecule has 5 nitrogen and oxygen atoms in total. The summed E-state index contributed by atoms with van der Waals surface area (Å²) in [6.07, 6.45) is 5.35. The van der Waals surface area contributed by atoms with Gasteiger partial charge in [0.05, 0.1) is 0 Å². The van der Waals surface area contributed by atoms with Crippen LogP contribution < -0.4 is 5.69 Å². The van der Waals surface area contributed by atoms with Crippen LogP contribution in [0.2, 0.25) is 0 Å². The molecule has 1 aromatic rings. The Bertz CT molecular complexity index is 316. The molecule has 1 aromatic heterocycles. The lowest BCUT2D eigenvalue weighted by atomic mass is 10.2. The molecule has 0 unspecified atom stereocenters. The van der Waals surface area contributed by atoms with Crippen LogP contribution >= 0.6 is 0 Å². The van der Waals surface area contributed by atoms with Crippen LogP contribution in [0.3, 0.4) is 0 Å². The summed E-state index contributed by atoms with van der Waals surface area (Å²) >= 11 is 0. The molecule has 0 spiro atoms. The maximum atomic E-state index is 11.3. The number of aliphatic hydroxyl groups is 1. The van der Waals surface area contributed by atoms with Crippen molar-refractivity contribution in [2.45, 2.75) is 32.2 Å². The first-order chi connectivity index (χ1) is 6.75. The van der Waals surface area contributed by atoms with Crippen LogP contribution in [0.15, 0.2) is 11.1 Å². The number of aromatic nitrogens is 3. The van der Waals surface area contributed by atoms with Crippen LogP contribution in [-0.2, 0) is 13.6 Å². The molecule has 1 N–H and O–H groups in total. The van der Waals surface area contributed by atoms with Gasteiger partial charge in [-0.05, 0) is 12.8 Å². The molecule has 14 heavy (non-hydrogen) atoms. The van der Waals surface area contributed by atoms with Gasteiger partial charge >= 0.3 is 5.69 Å². The highest BCUT2D eigenvalue weighted by atomic mass is 16.2. The highest BCUT2D eigenvalue weighted by Gasteiger charge is 1.99. The van der Waals surface area contributed by atoms with Crippen molar-refractivity contribution in [3.05, 3.63) is 16.8 Å². The van der Waals surface area contributed by atoms with Crippen molar-refractivity contribution in [2.24, 2.45) is 7.05 Å². The number of unbranched alkanes of at least 4 members (excludes halogenated alkanes) is 3. The van der Waals surface area contributed by atoms with Crippen LogP contribution in [0.4, 0.5) is 0 Å². The molecule has 0 saturated heterocycles. The van der Waals surface area contributed by atoms with E-state index in [1.807, 2.05) is 0 Å². The molecular formula is C9H17N3O2. The summed E-state index contributed by atoms with van der Waals surface area (Å²) < 4.78 is 2.94. The molecule has 0 atom stereocenters. The quantitative estimate of drug-likeness (QED) is 0.663. The molecule has 0 bridgehead atoms. The fourth-order valence-corrected chi connectivity index (χ4v) is 1.30. The minimum absolute atomic E-state index is 0.0628. The average Bonchev–Trinajstić information content (AvgIpc) is 2.49. The number of rotatable bonds is 6. The Labute approximate surface area is 83.0 Å². The van der Waals surface area contributed by atoms with Gasteiger partial charge in [0.15, 0.2) is 0 Å². The minimum Gasteiger partial charge on any atom is -0.396 e. The van der Waals surface area contributed by atoms with Crippen molar-refractivity contribution in [1.29, 1.82) is 0 Å². The summed E-state index contributed by atoms with van der Waals surface area (Å²) in [7, 11) is 1.69. The first-order valence-electron chi connectivity index (χ1n) is 4.95. The molecule has 0 aliphatic heterocycles. The van der Waals surface area contributed by atoms with E-state index in [1.165, 1.54) is 15.6 Å². The third-order valence-corrected chi connectivity index (χ3v) is 2.16. The third kappa shape index (κ3) is 2.99. The van der Waals surface area contributed by atoms with Gasteiger partial charge in [0.2, 0.25) is 0 Å². The zero-order chi connectivity index (χ0) is 10.4. The minimum atomic E-state index is -0.0628. The smallest absolute Gasteiger partial charge is 0.345 e. The van der Waals surface area contributed by atoms with E-state index in [9.17, 15) is 4.79 Å². The van der Waals surface area contributed by atoms with Crippen molar-refractivity contribution in [1.82, 2.24) is 14.3 Å². The molecule has 1 rings (SSSR count). The van der Waals surface area contributed by atoms with Crippen molar-refractivity contribution in [3.63, 3.8) is 0 Å². The topological polar surface area (TPSA) is 60.1 Å². The van der Waals surface area contributed by atoms with Gasteiger partial charge in [-0.3, -0.25) is 4.57 Å². The van der Waals surface area contributed by atoms with Gasteiger partial charge < -0.3 is 5.11 Å². The van der Waals surface area contributed by atoms with Crippen LogP contribution in [0, 0.1) is 0 Å². The average molecular weight is 199 g/mol. The summed E-state index contributed by atoms with van der Waals surface area (Å²) in [5.41, 5.74) is -0.0628. The molecule has 0 aromatic carbocycles. The van der Waals surface area contributed by atoms with Crippen LogP contribution in [0.1, 0.15) is 25.7 Å². The Morgan fingerprint density at radius 1 is 1.36 bits per heavy atom. The molecule has 0 aliphatic rings. The van der Waals surface area contributed by atoms with Gasteiger partial charge in [0.25, 0.3) is 0 Å². The Kier molecular flexibility index (Phi) is 4.39. The van der Waals surface area contributed by atoms with E-state index in [2.05, 4.69) is 5.10 Å². The van der Waals surface area contributed by atoms with E-state index in [1.54, 1.807) is 7.05 Å². The Balaban J connectivity index is 2.25. The maximum Gasteiger partial charge on any atom is 0.345 e. The van der Waals surface area contributed by atoms with Gasteiger partial charge in [-0.15, -0.1) is 0 Å². The van der Waals surface area contributed by atoms with Crippen molar-refractivity contribution < 1.29 is 5.11 Å². The van der Waals surface area contributed by atoms with Gasteiger partial charge in [-0.2, -0.15) is 5.10 Å². The summed E-state index contributed by atoms with van der Waals surface area (Å²) in [4.78, 5) is 11.3. The summed E-state index contributed by atoms with van der Waals surface area (Å²) in [5.74, 6) is 0. The Hall–Kier alpha value is -1.10. The molecule has 0 fully saturated rings. The molecule has 0 aliphatic carbocycles. The van der Waals surface area contributed by atoms with Crippen molar-refractivity contribution >= 4 is 0 Å². The lowest BCUT2D eigenvalue weighted by Crippen LogP contribution is -2.22. The number of nitrogens with zero attached hydrogens (tertiary/aromatic N) is 3. The van der Waals surface area contributed by atoms with Crippen molar-refractivity contribution in [3.8, 4) is 0 Å². The molecular weight excluding hydrogens is 182 g/mol. The fourth-order valence-electron chi connectivity index (χ4n) is 1.30. The number of hydrogen-bond acceptors (Lipinski definition) is 3. The Morgan fingerprint density at radius 2 is 2.07 bits per heavy atom. The van der Waals surface area contributed by atoms with Crippen molar-refractivity contribution in [2.75, 3.05) is 6.61 Å². The molecule has 5 heteroatoms. The molecule has 0 saturated carbocycles. The Morgan fingerprint density at radius 3 is 2.64 bits per heavy atom. The lowest BCUT2D eigenvalue weighted by Gasteiger charge is -1.99. The summed E-state index contributed by atoms with van der Waals surface area (Å²) in [6, 6.07) is 0. The summed E-state index contributed by atoms with van der Waals surface area (Å²) in [6.45, 7) is 0.925. The molecule has 0 amide bonds. The molecule has 0 radical (unpaired) electrons. The highest BCUT2D eigenvalue weighted by molar-refractivity contribution is 4.64.